The topological polar surface area (TPSA) is 38.0 Å². The lowest BCUT2D eigenvalue weighted by Gasteiger charge is -2.19. The third kappa shape index (κ3) is 2.69. The second kappa shape index (κ2) is 4.75. The van der Waals surface area contributed by atoms with Crippen molar-refractivity contribution in [2.45, 2.75) is 25.9 Å². The number of benzene rings is 1. The van der Waals surface area contributed by atoms with E-state index in [1.165, 1.54) is 6.07 Å². The molecule has 1 rings (SSSR count). The van der Waals surface area contributed by atoms with E-state index in [9.17, 15) is 4.39 Å². The van der Waals surface area contributed by atoms with E-state index in [1.807, 2.05) is 13.8 Å². The smallest absolute Gasteiger partial charge is 0.147 e. The summed E-state index contributed by atoms with van der Waals surface area (Å²) in [6.45, 7) is 3.80. The zero-order valence-electron chi connectivity index (χ0n) is 8.22. The van der Waals surface area contributed by atoms with Crippen LogP contribution in [0.2, 0.25) is 0 Å². The SMILES string of the molecule is CC(N)C(C)Nc1c(F)cccc1Br. The van der Waals surface area contributed by atoms with Crippen molar-refractivity contribution in [2.24, 2.45) is 5.73 Å². The summed E-state index contributed by atoms with van der Waals surface area (Å²) in [6, 6.07) is 4.87. The van der Waals surface area contributed by atoms with Gasteiger partial charge in [-0.25, -0.2) is 4.39 Å². The van der Waals surface area contributed by atoms with Crippen LogP contribution in [0, 0.1) is 5.82 Å². The number of nitrogens with one attached hydrogen (secondary N) is 1. The molecule has 0 radical (unpaired) electrons. The number of rotatable bonds is 3. The van der Waals surface area contributed by atoms with Crippen LogP contribution < -0.4 is 11.1 Å². The van der Waals surface area contributed by atoms with Crippen LogP contribution in [0.1, 0.15) is 13.8 Å². The monoisotopic (exact) mass is 260 g/mol. The van der Waals surface area contributed by atoms with Gasteiger partial charge in [-0.3, -0.25) is 0 Å². The van der Waals surface area contributed by atoms with Crippen molar-refractivity contribution < 1.29 is 4.39 Å². The van der Waals surface area contributed by atoms with Crippen LogP contribution >= 0.6 is 15.9 Å². The molecule has 0 saturated carbocycles. The second-order valence-electron chi connectivity index (χ2n) is 3.39. The zero-order valence-corrected chi connectivity index (χ0v) is 9.81. The van der Waals surface area contributed by atoms with Crippen molar-refractivity contribution in [3.8, 4) is 0 Å². The Morgan fingerprint density at radius 1 is 1.43 bits per heavy atom. The first kappa shape index (κ1) is 11.5. The third-order valence-corrected chi connectivity index (χ3v) is 2.78. The highest BCUT2D eigenvalue weighted by atomic mass is 79.9. The number of anilines is 1. The Hall–Kier alpha value is -0.610. The summed E-state index contributed by atoms with van der Waals surface area (Å²) in [4.78, 5) is 0. The largest absolute Gasteiger partial charge is 0.378 e. The minimum Gasteiger partial charge on any atom is -0.378 e. The predicted octanol–water partition coefficient (Wildman–Crippen LogP) is 2.74. The fourth-order valence-corrected chi connectivity index (χ4v) is 1.45. The minimum atomic E-state index is -0.271. The maximum Gasteiger partial charge on any atom is 0.147 e. The van der Waals surface area contributed by atoms with E-state index in [2.05, 4.69) is 21.2 Å². The Kier molecular flexibility index (Phi) is 3.89. The van der Waals surface area contributed by atoms with Crippen LogP contribution in [0.3, 0.4) is 0 Å². The lowest BCUT2D eigenvalue weighted by atomic mass is 10.1. The van der Waals surface area contributed by atoms with E-state index >= 15 is 0 Å². The number of hydrogen-bond acceptors (Lipinski definition) is 2. The first-order chi connectivity index (χ1) is 6.52. The molecule has 3 N–H and O–H groups in total. The summed E-state index contributed by atoms with van der Waals surface area (Å²) in [5.41, 5.74) is 6.15. The van der Waals surface area contributed by atoms with Crippen molar-refractivity contribution in [1.29, 1.82) is 0 Å². The van der Waals surface area contributed by atoms with Crippen molar-refractivity contribution >= 4 is 21.6 Å². The Morgan fingerprint density at radius 3 is 2.57 bits per heavy atom. The average Bonchev–Trinajstić information content (AvgIpc) is 2.11. The molecule has 78 valence electrons. The van der Waals surface area contributed by atoms with Gasteiger partial charge < -0.3 is 11.1 Å². The van der Waals surface area contributed by atoms with Gasteiger partial charge in [0.1, 0.15) is 5.82 Å². The van der Waals surface area contributed by atoms with Gasteiger partial charge in [-0.05, 0) is 41.9 Å². The van der Waals surface area contributed by atoms with Gasteiger partial charge in [-0.2, -0.15) is 0 Å². The second-order valence-corrected chi connectivity index (χ2v) is 4.24. The van der Waals surface area contributed by atoms with Gasteiger partial charge >= 0.3 is 0 Å². The van der Waals surface area contributed by atoms with Crippen molar-refractivity contribution in [1.82, 2.24) is 0 Å². The van der Waals surface area contributed by atoms with Gasteiger partial charge in [0, 0.05) is 16.6 Å². The zero-order chi connectivity index (χ0) is 10.7. The molecule has 0 aliphatic heterocycles. The van der Waals surface area contributed by atoms with Gasteiger partial charge in [0.15, 0.2) is 0 Å². The summed E-state index contributed by atoms with van der Waals surface area (Å²) >= 11 is 3.28. The maximum atomic E-state index is 13.3. The maximum absolute atomic E-state index is 13.3. The molecule has 0 aromatic heterocycles. The number of hydrogen-bond donors (Lipinski definition) is 2. The highest BCUT2D eigenvalue weighted by Crippen LogP contribution is 2.25. The van der Waals surface area contributed by atoms with Gasteiger partial charge in [-0.15, -0.1) is 0 Å². The summed E-state index contributed by atoms with van der Waals surface area (Å²) in [5, 5.41) is 3.03. The standard InChI is InChI=1S/C10H14BrFN2/c1-6(13)7(2)14-10-8(11)4-3-5-9(10)12/h3-7,14H,13H2,1-2H3. The molecule has 2 unspecified atom stereocenters. The van der Waals surface area contributed by atoms with E-state index in [0.717, 1.165) is 0 Å². The molecular formula is C10H14BrFN2. The quantitative estimate of drug-likeness (QED) is 0.877. The number of para-hydroxylation sites is 1. The van der Waals surface area contributed by atoms with Crippen molar-refractivity contribution in [3.05, 3.63) is 28.5 Å². The molecule has 4 heteroatoms. The number of nitrogens with two attached hydrogens (primary N) is 1. The molecule has 14 heavy (non-hydrogen) atoms. The van der Waals surface area contributed by atoms with Crippen LogP contribution in [-0.2, 0) is 0 Å². The van der Waals surface area contributed by atoms with E-state index in [1.54, 1.807) is 12.1 Å². The Balaban J connectivity index is 2.85. The van der Waals surface area contributed by atoms with Crippen LogP contribution in [-0.4, -0.2) is 12.1 Å². The summed E-state index contributed by atoms with van der Waals surface area (Å²) in [6.07, 6.45) is 0. The lowest BCUT2D eigenvalue weighted by molar-refractivity contribution is 0.606. The van der Waals surface area contributed by atoms with Crippen LogP contribution in [0.15, 0.2) is 22.7 Å². The molecule has 0 aliphatic rings. The molecule has 2 atom stereocenters. The van der Waals surface area contributed by atoms with Crippen molar-refractivity contribution in [3.63, 3.8) is 0 Å². The molecular weight excluding hydrogens is 247 g/mol. The number of halogens is 2. The third-order valence-electron chi connectivity index (χ3n) is 2.12. The van der Waals surface area contributed by atoms with Crippen LogP contribution in [0.25, 0.3) is 0 Å². The first-order valence-corrected chi connectivity index (χ1v) is 5.28. The minimum absolute atomic E-state index is 0.0264. The molecule has 1 aromatic rings. The summed E-state index contributed by atoms with van der Waals surface area (Å²) in [7, 11) is 0. The average molecular weight is 261 g/mol. The highest BCUT2D eigenvalue weighted by Gasteiger charge is 2.11. The van der Waals surface area contributed by atoms with E-state index in [0.29, 0.717) is 10.2 Å². The first-order valence-electron chi connectivity index (χ1n) is 4.48. The van der Waals surface area contributed by atoms with E-state index in [4.69, 9.17) is 5.73 Å². The fourth-order valence-electron chi connectivity index (χ4n) is 0.995. The van der Waals surface area contributed by atoms with Gasteiger partial charge in [0.05, 0.1) is 5.69 Å². The lowest BCUT2D eigenvalue weighted by Crippen LogP contribution is -2.35. The van der Waals surface area contributed by atoms with E-state index < -0.39 is 0 Å². The van der Waals surface area contributed by atoms with Gasteiger partial charge in [-0.1, -0.05) is 6.07 Å². The fraction of sp³-hybridized carbons (Fsp3) is 0.400. The molecule has 0 spiro atoms. The molecule has 1 aromatic carbocycles. The van der Waals surface area contributed by atoms with Gasteiger partial charge in [0.25, 0.3) is 0 Å². The van der Waals surface area contributed by atoms with Crippen LogP contribution in [0.5, 0.6) is 0 Å². The normalized spacial score (nSPS) is 14.9. The predicted molar refractivity (Wildman–Crippen MR) is 60.8 cm³/mol. The molecule has 0 bridgehead atoms. The Bertz CT molecular complexity index is 295. The van der Waals surface area contributed by atoms with E-state index in [-0.39, 0.29) is 17.9 Å². The molecule has 0 aliphatic carbocycles. The molecule has 0 amide bonds. The molecule has 0 fully saturated rings. The summed E-state index contributed by atoms with van der Waals surface area (Å²) in [5.74, 6) is -0.271. The van der Waals surface area contributed by atoms with Crippen molar-refractivity contribution in [2.75, 3.05) is 5.32 Å². The van der Waals surface area contributed by atoms with Crippen LogP contribution in [0.4, 0.5) is 10.1 Å². The van der Waals surface area contributed by atoms with Gasteiger partial charge in [0.2, 0.25) is 0 Å². The highest BCUT2D eigenvalue weighted by molar-refractivity contribution is 9.10. The molecule has 0 heterocycles. The summed E-state index contributed by atoms with van der Waals surface area (Å²) < 4.78 is 14.1. The molecule has 2 nitrogen and oxygen atoms in total. The molecule has 0 saturated heterocycles. The Labute approximate surface area is 91.8 Å². The Morgan fingerprint density at radius 2 is 2.07 bits per heavy atom.